The summed E-state index contributed by atoms with van der Waals surface area (Å²) in [6, 6.07) is 2.52. The first-order valence-electron chi connectivity index (χ1n) is 5.08. The lowest BCUT2D eigenvalue weighted by atomic mass is 10.3. The van der Waals surface area contributed by atoms with Crippen LogP contribution in [0.3, 0.4) is 0 Å². The zero-order valence-electron chi connectivity index (χ0n) is 8.86. The van der Waals surface area contributed by atoms with Gasteiger partial charge in [0, 0.05) is 11.3 Å². The summed E-state index contributed by atoms with van der Waals surface area (Å²) in [6.07, 6.45) is 5.75. The number of thiazole rings is 1. The van der Waals surface area contributed by atoms with Crippen LogP contribution in [0.4, 0.5) is 5.13 Å². The second-order valence-electron chi connectivity index (χ2n) is 3.76. The van der Waals surface area contributed by atoms with Crippen molar-refractivity contribution >= 4 is 39.8 Å². The molecule has 2 rings (SSSR count). The first-order valence-corrected chi connectivity index (χ1v) is 7.57. The largest absolute Gasteiger partial charge is 0.359 e. The van der Waals surface area contributed by atoms with Crippen molar-refractivity contribution in [3.05, 3.63) is 10.0 Å². The van der Waals surface area contributed by atoms with Gasteiger partial charge in [0.05, 0.1) is 0 Å². The third-order valence-corrected chi connectivity index (χ3v) is 5.10. The zero-order chi connectivity index (χ0) is 11.5. The third-order valence-electron chi connectivity index (χ3n) is 2.73. The third kappa shape index (κ3) is 2.62. The van der Waals surface area contributed by atoms with E-state index < -0.39 is 0 Å². The van der Waals surface area contributed by atoms with Crippen LogP contribution in [0.2, 0.25) is 5.15 Å². The normalized spacial score (nSPS) is 24.3. The van der Waals surface area contributed by atoms with E-state index in [1.165, 1.54) is 30.6 Å². The maximum absolute atomic E-state index is 8.78. The molecule has 1 N–H and O–H groups in total. The minimum Gasteiger partial charge on any atom is -0.359 e. The van der Waals surface area contributed by atoms with Crippen molar-refractivity contribution < 1.29 is 0 Å². The van der Waals surface area contributed by atoms with E-state index in [9.17, 15) is 0 Å². The number of hydrogen-bond acceptors (Lipinski definition) is 5. The van der Waals surface area contributed by atoms with Crippen LogP contribution in [0.5, 0.6) is 0 Å². The first-order chi connectivity index (χ1) is 7.72. The van der Waals surface area contributed by atoms with Gasteiger partial charge in [0.2, 0.25) is 0 Å². The standard InChI is InChI=1S/C10H12ClN3S2/c1-15-7-3-2-6(4-7)13-10-14-9(11)8(5-12)16-10/h6-7H,2-4H2,1H3,(H,13,14). The predicted octanol–water partition coefficient (Wildman–Crippen LogP) is 3.36. The Labute approximate surface area is 108 Å². The lowest BCUT2D eigenvalue weighted by Crippen LogP contribution is -2.15. The monoisotopic (exact) mass is 273 g/mol. The SMILES string of the molecule is CSC1CCC(Nc2nc(Cl)c(C#N)s2)C1. The van der Waals surface area contributed by atoms with E-state index in [1.807, 2.05) is 17.8 Å². The van der Waals surface area contributed by atoms with Crippen molar-refractivity contribution in [3.8, 4) is 6.07 Å². The van der Waals surface area contributed by atoms with Crippen molar-refractivity contribution in [2.45, 2.75) is 30.6 Å². The van der Waals surface area contributed by atoms with Gasteiger partial charge in [0.25, 0.3) is 0 Å². The van der Waals surface area contributed by atoms with E-state index in [0.717, 1.165) is 10.4 Å². The summed E-state index contributed by atoms with van der Waals surface area (Å²) in [6.45, 7) is 0. The van der Waals surface area contributed by atoms with Gasteiger partial charge in [-0.25, -0.2) is 4.98 Å². The molecule has 0 aliphatic heterocycles. The number of nitriles is 1. The van der Waals surface area contributed by atoms with E-state index >= 15 is 0 Å². The van der Waals surface area contributed by atoms with Crippen LogP contribution in [0, 0.1) is 11.3 Å². The Kier molecular flexibility index (Phi) is 3.95. The minimum atomic E-state index is 0.314. The smallest absolute Gasteiger partial charge is 0.185 e. The number of aromatic nitrogens is 1. The Morgan fingerprint density at radius 2 is 2.44 bits per heavy atom. The van der Waals surface area contributed by atoms with Crippen LogP contribution >= 0.6 is 34.7 Å². The fourth-order valence-corrected chi connectivity index (χ4v) is 3.71. The molecule has 1 fully saturated rings. The second kappa shape index (κ2) is 5.26. The summed E-state index contributed by atoms with van der Waals surface area (Å²) in [7, 11) is 0. The molecule has 0 radical (unpaired) electrons. The number of hydrogen-bond donors (Lipinski definition) is 1. The molecule has 1 aromatic heterocycles. The number of nitrogens with one attached hydrogen (secondary N) is 1. The zero-order valence-corrected chi connectivity index (χ0v) is 11.3. The number of nitrogens with zero attached hydrogens (tertiary/aromatic N) is 2. The van der Waals surface area contributed by atoms with Crippen molar-refractivity contribution in [1.82, 2.24) is 4.98 Å². The maximum Gasteiger partial charge on any atom is 0.185 e. The number of rotatable bonds is 3. The molecule has 3 nitrogen and oxygen atoms in total. The summed E-state index contributed by atoms with van der Waals surface area (Å²) >= 11 is 9.08. The van der Waals surface area contributed by atoms with Gasteiger partial charge in [-0.2, -0.15) is 17.0 Å². The first kappa shape index (κ1) is 12.0. The average Bonchev–Trinajstić information content (AvgIpc) is 2.85. The summed E-state index contributed by atoms with van der Waals surface area (Å²) < 4.78 is 0. The molecule has 0 bridgehead atoms. The highest BCUT2D eigenvalue weighted by molar-refractivity contribution is 7.99. The van der Waals surface area contributed by atoms with Crippen LogP contribution in [-0.2, 0) is 0 Å². The molecule has 1 aliphatic carbocycles. The maximum atomic E-state index is 8.78. The highest BCUT2D eigenvalue weighted by atomic mass is 35.5. The Morgan fingerprint density at radius 3 is 3.00 bits per heavy atom. The molecule has 16 heavy (non-hydrogen) atoms. The lowest BCUT2D eigenvalue weighted by molar-refractivity contribution is 0.756. The molecule has 0 aromatic carbocycles. The van der Waals surface area contributed by atoms with E-state index in [-0.39, 0.29) is 0 Å². The number of thioether (sulfide) groups is 1. The molecular formula is C10H12ClN3S2. The average molecular weight is 274 g/mol. The van der Waals surface area contributed by atoms with Crippen LogP contribution < -0.4 is 5.32 Å². The van der Waals surface area contributed by atoms with E-state index in [4.69, 9.17) is 16.9 Å². The molecule has 86 valence electrons. The topological polar surface area (TPSA) is 48.7 Å². The van der Waals surface area contributed by atoms with Crippen molar-refractivity contribution in [3.63, 3.8) is 0 Å². The molecule has 2 unspecified atom stereocenters. The van der Waals surface area contributed by atoms with Crippen LogP contribution in [-0.4, -0.2) is 22.5 Å². The van der Waals surface area contributed by atoms with Crippen LogP contribution in [0.1, 0.15) is 24.1 Å². The molecule has 1 aliphatic rings. The van der Waals surface area contributed by atoms with Crippen molar-refractivity contribution in [2.24, 2.45) is 0 Å². The van der Waals surface area contributed by atoms with E-state index in [2.05, 4.69) is 16.6 Å². The molecule has 1 heterocycles. The van der Waals surface area contributed by atoms with Gasteiger partial charge in [-0.1, -0.05) is 22.9 Å². The molecule has 1 saturated carbocycles. The van der Waals surface area contributed by atoms with Gasteiger partial charge in [0.1, 0.15) is 10.9 Å². The van der Waals surface area contributed by atoms with Gasteiger partial charge in [0.15, 0.2) is 10.3 Å². The quantitative estimate of drug-likeness (QED) is 0.917. The number of anilines is 1. The summed E-state index contributed by atoms with van der Waals surface area (Å²) in [5.41, 5.74) is 0. The summed E-state index contributed by atoms with van der Waals surface area (Å²) in [4.78, 5) is 4.63. The Balaban J connectivity index is 1.97. The van der Waals surface area contributed by atoms with Crippen molar-refractivity contribution in [2.75, 3.05) is 11.6 Å². The highest BCUT2D eigenvalue weighted by Crippen LogP contribution is 2.32. The fourth-order valence-electron chi connectivity index (χ4n) is 1.89. The van der Waals surface area contributed by atoms with Crippen molar-refractivity contribution in [1.29, 1.82) is 5.26 Å². The molecule has 0 spiro atoms. The predicted molar refractivity (Wildman–Crippen MR) is 70.4 cm³/mol. The lowest BCUT2D eigenvalue weighted by Gasteiger charge is -2.10. The van der Waals surface area contributed by atoms with Gasteiger partial charge < -0.3 is 5.32 Å². The van der Waals surface area contributed by atoms with E-state index in [0.29, 0.717) is 16.1 Å². The molecular weight excluding hydrogens is 262 g/mol. The molecule has 6 heteroatoms. The fraction of sp³-hybridized carbons (Fsp3) is 0.600. The molecule has 1 aromatic rings. The molecule has 2 atom stereocenters. The van der Waals surface area contributed by atoms with Gasteiger partial charge >= 0.3 is 0 Å². The minimum absolute atomic E-state index is 0.314. The second-order valence-corrected chi connectivity index (χ2v) is 6.26. The molecule has 0 saturated heterocycles. The molecule has 0 amide bonds. The Hall–Kier alpha value is -0.440. The van der Waals surface area contributed by atoms with E-state index in [1.54, 1.807) is 0 Å². The highest BCUT2D eigenvalue weighted by Gasteiger charge is 2.24. The Bertz CT molecular complexity index is 413. The van der Waals surface area contributed by atoms with Crippen LogP contribution in [0.25, 0.3) is 0 Å². The van der Waals surface area contributed by atoms with Gasteiger partial charge in [-0.05, 0) is 25.5 Å². The summed E-state index contributed by atoms with van der Waals surface area (Å²) in [5, 5.41) is 14.0. The van der Waals surface area contributed by atoms with Gasteiger partial charge in [-0.15, -0.1) is 0 Å². The Morgan fingerprint density at radius 1 is 1.62 bits per heavy atom. The van der Waals surface area contributed by atoms with Crippen LogP contribution in [0.15, 0.2) is 0 Å². The summed E-state index contributed by atoms with van der Waals surface area (Å²) in [5.74, 6) is 0. The number of halogens is 1. The van der Waals surface area contributed by atoms with Gasteiger partial charge in [-0.3, -0.25) is 0 Å².